The molecule has 0 unspecified atom stereocenters. The molecule has 2 amide bonds. The number of amides is 2. The molecule has 0 aromatic heterocycles. The second kappa shape index (κ2) is 9.57. The quantitative estimate of drug-likeness (QED) is 0.808. The Morgan fingerprint density at radius 1 is 1.23 bits per heavy atom. The fraction of sp³-hybridized carbons (Fsp3) is 0.600. The van der Waals surface area contributed by atoms with Gasteiger partial charge in [-0.1, -0.05) is 24.3 Å². The molecule has 1 heterocycles. The maximum atomic E-state index is 12.7. The van der Waals surface area contributed by atoms with E-state index in [2.05, 4.69) is 16.7 Å². The molecule has 2 N–H and O–H groups in total. The standard InChI is InChI=1S/C20H31N3O3/c1-20(2,3)26-19(25)23(17-11-13-21-14-12-17)15-18(24)22-16-9-7-5-4-6-8-10-16/h4-7,9,17,21H,8,10-15H2,1-3H3,(H,22,24)/b6-4-,7-5-,16-9+. The summed E-state index contributed by atoms with van der Waals surface area (Å²) in [7, 11) is 0. The number of carbonyl (C=O) groups is 2. The van der Waals surface area contributed by atoms with Crippen molar-refractivity contribution in [1.82, 2.24) is 15.5 Å². The van der Waals surface area contributed by atoms with E-state index in [0.29, 0.717) is 0 Å². The Hall–Kier alpha value is -2.08. The van der Waals surface area contributed by atoms with Crippen molar-refractivity contribution in [1.29, 1.82) is 0 Å². The van der Waals surface area contributed by atoms with E-state index in [-0.39, 0.29) is 18.5 Å². The van der Waals surface area contributed by atoms with Crippen LogP contribution in [0.3, 0.4) is 0 Å². The van der Waals surface area contributed by atoms with Gasteiger partial charge < -0.3 is 15.4 Å². The Kier molecular flexibility index (Phi) is 7.45. The van der Waals surface area contributed by atoms with Crippen LogP contribution in [0.25, 0.3) is 0 Å². The molecule has 144 valence electrons. The van der Waals surface area contributed by atoms with Crippen molar-refractivity contribution < 1.29 is 14.3 Å². The Morgan fingerprint density at radius 2 is 1.96 bits per heavy atom. The highest BCUT2D eigenvalue weighted by molar-refractivity contribution is 5.83. The van der Waals surface area contributed by atoms with Gasteiger partial charge >= 0.3 is 6.09 Å². The second-order valence-electron chi connectivity index (χ2n) is 7.68. The molecule has 0 saturated carbocycles. The van der Waals surface area contributed by atoms with Crippen LogP contribution in [-0.4, -0.2) is 48.2 Å². The van der Waals surface area contributed by atoms with E-state index in [1.807, 2.05) is 45.1 Å². The first kappa shape index (κ1) is 20.2. The van der Waals surface area contributed by atoms with Crippen molar-refractivity contribution in [3.05, 3.63) is 36.1 Å². The highest BCUT2D eigenvalue weighted by Crippen LogP contribution is 2.17. The molecule has 0 radical (unpaired) electrons. The van der Waals surface area contributed by atoms with E-state index >= 15 is 0 Å². The van der Waals surface area contributed by atoms with E-state index in [1.54, 1.807) is 4.90 Å². The summed E-state index contributed by atoms with van der Waals surface area (Å²) in [4.78, 5) is 26.8. The van der Waals surface area contributed by atoms with Crippen LogP contribution in [0.4, 0.5) is 4.79 Å². The van der Waals surface area contributed by atoms with E-state index < -0.39 is 11.7 Å². The van der Waals surface area contributed by atoms with E-state index in [4.69, 9.17) is 4.74 Å². The van der Waals surface area contributed by atoms with Gasteiger partial charge in [-0.3, -0.25) is 9.69 Å². The maximum Gasteiger partial charge on any atom is 0.411 e. The lowest BCUT2D eigenvalue weighted by atomic mass is 10.1. The number of nitrogens with one attached hydrogen (secondary N) is 2. The second-order valence-corrected chi connectivity index (χ2v) is 7.68. The summed E-state index contributed by atoms with van der Waals surface area (Å²) in [6.45, 7) is 7.21. The monoisotopic (exact) mass is 361 g/mol. The third-order valence-corrected chi connectivity index (χ3v) is 4.23. The van der Waals surface area contributed by atoms with Crippen LogP contribution in [-0.2, 0) is 9.53 Å². The average Bonchev–Trinajstić information content (AvgIpc) is 2.54. The van der Waals surface area contributed by atoms with Gasteiger partial charge in [0.05, 0.1) is 0 Å². The number of ether oxygens (including phenoxy) is 1. The van der Waals surface area contributed by atoms with Gasteiger partial charge in [0.25, 0.3) is 0 Å². The minimum Gasteiger partial charge on any atom is -0.444 e. The smallest absolute Gasteiger partial charge is 0.411 e. The lowest BCUT2D eigenvalue weighted by Crippen LogP contribution is -2.51. The number of carbonyl (C=O) groups excluding carboxylic acids is 2. The van der Waals surface area contributed by atoms with Gasteiger partial charge in [0.1, 0.15) is 12.1 Å². The Morgan fingerprint density at radius 3 is 2.65 bits per heavy atom. The van der Waals surface area contributed by atoms with Gasteiger partial charge in [-0.2, -0.15) is 0 Å². The molecule has 1 aliphatic carbocycles. The molecule has 2 rings (SSSR count). The van der Waals surface area contributed by atoms with Crippen molar-refractivity contribution in [2.75, 3.05) is 19.6 Å². The zero-order valence-electron chi connectivity index (χ0n) is 16.1. The average molecular weight is 361 g/mol. The number of rotatable bonds is 4. The van der Waals surface area contributed by atoms with Crippen molar-refractivity contribution in [3.63, 3.8) is 0 Å². The molecule has 1 fully saturated rings. The topological polar surface area (TPSA) is 70.7 Å². The molecule has 1 aliphatic heterocycles. The Bertz CT molecular complexity index is 582. The summed E-state index contributed by atoms with van der Waals surface area (Å²) in [5.41, 5.74) is 0.280. The van der Waals surface area contributed by atoms with Crippen LogP contribution in [0.2, 0.25) is 0 Å². The van der Waals surface area contributed by atoms with E-state index in [9.17, 15) is 9.59 Å². The SMILES string of the molecule is CC(C)(C)OC(=O)N(CC(=O)N/C1=C/C=C\C=C/CC1)C1CCNCC1. The molecule has 6 nitrogen and oxygen atoms in total. The first-order chi connectivity index (χ1) is 12.3. The minimum absolute atomic E-state index is 0.0104. The molecule has 0 aromatic carbocycles. The predicted octanol–water partition coefficient (Wildman–Crippen LogP) is 2.88. The van der Waals surface area contributed by atoms with Crippen molar-refractivity contribution in [2.45, 2.75) is 58.1 Å². The molecule has 0 bridgehead atoms. The van der Waals surface area contributed by atoms with Crippen molar-refractivity contribution in [3.8, 4) is 0 Å². The number of piperidine rings is 1. The van der Waals surface area contributed by atoms with Gasteiger partial charge in [-0.15, -0.1) is 0 Å². The predicted molar refractivity (Wildman–Crippen MR) is 103 cm³/mol. The number of nitrogens with zero attached hydrogens (tertiary/aromatic N) is 1. The zero-order valence-corrected chi connectivity index (χ0v) is 16.1. The summed E-state index contributed by atoms with van der Waals surface area (Å²) in [6, 6.07) is 0.0194. The fourth-order valence-electron chi connectivity index (χ4n) is 2.99. The number of allylic oxidation sites excluding steroid dienone is 6. The van der Waals surface area contributed by atoms with E-state index in [1.165, 1.54) is 0 Å². The van der Waals surface area contributed by atoms with Crippen LogP contribution < -0.4 is 10.6 Å². The van der Waals surface area contributed by atoms with Crippen LogP contribution >= 0.6 is 0 Å². The van der Waals surface area contributed by atoms with Gasteiger partial charge in [0.2, 0.25) is 5.91 Å². The summed E-state index contributed by atoms with van der Waals surface area (Å²) < 4.78 is 5.53. The lowest BCUT2D eigenvalue weighted by Gasteiger charge is -2.35. The Labute approximate surface area is 156 Å². The molecule has 26 heavy (non-hydrogen) atoms. The van der Waals surface area contributed by atoms with Crippen LogP contribution in [0.15, 0.2) is 36.1 Å². The first-order valence-corrected chi connectivity index (χ1v) is 9.38. The lowest BCUT2D eigenvalue weighted by molar-refractivity contribution is -0.122. The summed E-state index contributed by atoms with van der Waals surface area (Å²) in [6.07, 6.45) is 12.7. The summed E-state index contributed by atoms with van der Waals surface area (Å²) in [5, 5.41) is 6.23. The highest BCUT2D eigenvalue weighted by atomic mass is 16.6. The van der Waals surface area contributed by atoms with Gasteiger partial charge in [0.15, 0.2) is 0 Å². The Balaban J connectivity index is 2.02. The van der Waals surface area contributed by atoms with Crippen LogP contribution in [0.5, 0.6) is 0 Å². The number of hydrogen-bond donors (Lipinski definition) is 2. The third kappa shape index (κ3) is 7.04. The fourth-order valence-corrected chi connectivity index (χ4v) is 2.99. The third-order valence-electron chi connectivity index (χ3n) is 4.23. The van der Waals surface area contributed by atoms with Crippen molar-refractivity contribution >= 4 is 12.0 Å². The van der Waals surface area contributed by atoms with Crippen molar-refractivity contribution in [2.24, 2.45) is 0 Å². The molecule has 0 atom stereocenters. The zero-order chi connectivity index (χ0) is 19.0. The molecule has 6 heteroatoms. The summed E-state index contributed by atoms with van der Waals surface area (Å²) in [5.74, 6) is -0.182. The molecular formula is C20H31N3O3. The van der Waals surface area contributed by atoms with Gasteiger partial charge in [-0.25, -0.2) is 4.79 Å². The van der Waals surface area contributed by atoms with E-state index in [0.717, 1.165) is 44.5 Å². The molecular weight excluding hydrogens is 330 g/mol. The maximum absolute atomic E-state index is 12.7. The normalized spacial score (nSPS) is 23.0. The summed E-state index contributed by atoms with van der Waals surface area (Å²) >= 11 is 0. The van der Waals surface area contributed by atoms with Crippen LogP contribution in [0.1, 0.15) is 46.5 Å². The van der Waals surface area contributed by atoms with Gasteiger partial charge in [-0.05, 0) is 65.6 Å². The molecule has 1 saturated heterocycles. The van der Waals surface area contributed by atoms with Crippen LogP contribution in [0, 0.1) is 0 Å². The highest BCUT2D eigenvalue weighted by Gasteiger charge is 2.31. The minimum atomic E-state index is -0.585. The molecule has 0 spiro atoms. The molecule has 2 aliphatic rings. The number of hydrogen-bond acceptors (Lipinski definition) is 4. The first-order valence-electron chi connectivity index (χ1n) is 9.38. The largest absolute Gasteiger partial charge is 0.444 e. The molecule has 0 aromatic rings. The van der Waals surface area contributed by atoms with Gasteiger partial charge in [0, 0.05) is 11.7 Å².